The van der Waals surface area contributed by atoms with E-state index in [1.165, 1.54) is 7.11 Å². The van der Waals surface area contributed by atoms with Crippen molar-refractivity contribution in [2.75, 3.05) is 32.6 Å². The van der Waals surface area contributed by atoms with Crippen molar-refractivity contribution in [3.8, 4) is 34.1 Å². The van der Waals surface area contributed by atoms with Gasteiger partial charge in [0.05, 0.1) is 31.0 Å². The van der Waals surface area contributed by atoms with E-state index in [0.29, 0.717) is 79.8 Å². The van der Waals surface area contributed by atoms with Crippen LogP contribution < -0.4 is 25.4 Å². The highest BCUT2D eigenvalue weighted by Crippen LogP contribution is 2.50. The Balaban J connectivity index is 1.04. The summed E-state index contributed by atoms with van der Waals surface area (Å²) in [6.45, 7) is 1.45. The lowest BCUT2D eigenvalue weighted by Crippen LogP contribution is -2.66. The number of halogens is 4. The molecule has 3 aliphatic heterocycles. The summed E-state index contributed by atoms with van der Waals surface area (Å²) in [6, 6.07) is 14.8. The number of benzene rings is 2. The lowest BCUT2D eigenvalue weighted by atomic mass is 9.62. The van der Waals surface area contributed by atoms with Gasteiger partial charge in [-0.2, -0.15) is 18.2 Å². The van der Waals surface area contributed by atoms with Crippen LogP contribution in [0.3, 0.4) is 0 Å². The van der Waals surface area contributed by atoms with E-state index in [1.807, 2.05) is 48.5 Å². The molecule has 4 N–H and O–H groups in total. The number of methoxy groups -OCH3 is 2. The normalized spacial score (nSPS) is 22.8. The van der Waals surface area contributed by atoms with Crippen LogP contribution in [0.25, 0.3) is 22.4 Å². The van der Waals surface area contributed by atoms with Crippen molar-refractivity contribution < 1.29 is 37.3 Å². The highest BCUT2D eigenvalue weighted by atomic mass is 35.5. The fraction of sp³-hybridized carbons (Fsp3) is 0.439. The average Bonchev–Trinajstić information content (AvgIpc) is 3.80. The maximum atomic E-state index is 14.7. The molecule has 300 valence electrons. The number of nitrogens with zero attached hydrogens (tertiary/aromatic N) is 4. The van der Waals surface area contributed by atoms with Crippen LogP contribution in [0.2, 0.25) is 5.02 Å². The third kappa shape index (κ3) is 7.36. The lowest BCUT2D eigenvalue weighted by molar-refractivity contribution is -0.172. The summed E-state index contributed by atoms with van der Waals surface area (Å²) >= 11 is 7.14. The molecule has 2 aromatic heterocycles. The Morgan fingerprint density at radius 2 is 1.74 bits per heavy atom. The third-order valence-electron chi connectivity index (χ3n) is 11.9. The van der Waals surface area contributed by atoms with Crippen LogP contribution in [0, 0.1) is 5.92 Å². The number of nitrogens with one attached hydrogen (secondary N) is 3. The Bertz CT molecular complexity index is 2220. The molecule has 4 aromatic rings. The third-order valence-corrected chi connectivity index (χ3v) is 12.3. The van der Waals surface area contributed by atoms with Crippen molar-refractivity contribution in [3.05, 3.63) is 81.6 Å². The number of carboxylic acids is 1. The molecule has 16 heteroatoms. The topological polar surface area (TPSA) is 151 Å². The van der Waals surface area contributed by atoms with Gasteiger partial charge in [-0.3, -0.25) is 14.5 Å². The number of rotatable bonds is 13. The largest absolute Gasteiger partial charge is 0.481 e. The Kier molecular flexibility index (Phi) is 10.5. The van der Waals surface area contributed by atoms with Crippen LogP contribution in [0.4, 0.5) is 19.0 Å². The first-order chi connectivity index (χ1) is 27.4. The van der Waals surface area contributed by atoms with E-state index in [4.69, 9.17) is 26.1 Å². The number of hydrogen-bond acceptors (Lipinski definition) is 10. The molecule has 12 nitrogen and oxygen atoms in total. The van der Waals surface area contributed by atoms with E-state index < -0.39 is 35.2 Å². The molecule has 1 amide bonds. The number of carbonyl (C=O) groups is 2. The summed E-state index contributed by atoms with van der Waals surface area (Å²) in [5.74, 6) is -0.690. The highest BCUT2D eigenvalue weighted by molar-refractivity contribution is 6.36. The Morgan fingerprint density at radius 1 is 0.982 bits per heavy atom. The fourth-order valence-electron chi connectivity index (χ4n) is 8.95. The number of aliphatic carboxylic acids is 1. The van der Waals surface area contributed by atoms with Gasteiger partial charge in [-0.05, 0) is 73.7 Å². The number of piperidine rings is 2. The van der Waals surface area contributed by atoms with Crippen molar-refractivity contribution in [2.24, 2.45) is 5.92 Å². The second-order valence-electron chi connectivity index (χ2n) is 15.3. The minimum atomic E-state index is -4.85. The average molecular weight is 806 g/mol. The van der Waals surface area contributed by atoms with E-state index >= 15 is 0 Å². The van der Waals surface area contributed by atoms with Crippen LogP contribution in [-0.4, -0.2) is 75.7 Å². The summed E-state index contributed by atoms with van der Waals surface area (Å²) in [7, 11) is 2.88. The summed E-state index contributed by atoms with van der Waals surface area (Å²) in [5, 5.41) is 19.8. The standard InChI is InChI=1S/C41H43ClF3N7O5/c1-56-37-23(19-46-20-24-10-14-33(53)47-24)9-12-31(50-37)29-8-4-7-28(34(29)42)25-5-3-6-27-26(25)11-13-30(27)49-36-35(41(43,44)45)48-32(38(51-36)57-2)21-52-16-15-22-17-40(52,18-22)39(54)55/h3-9,12,22,24,30,46H,10-11,13-21H2,1-2H3,(H,47,53)(H,49,51)(H,54,55)/t22?,24-,30-,40?/m0/s1. The number of fused-ring (bicyclic) bond motifs is 3. The second-order valence-corrected chi connectivity index (χ2v) is 15.6. The SMILES string of the molecule is COc1nc(-c2cccc(-c3cccc4c3CC[C@@H]4Nc3nc(OC)c(CN4CCC5CC4(C(=O)O)C5)nc3C(F)(F)F)c2Cl)ccc1CNC[C@@H]1CCC(=O)N1. The van der Waals surface area contributed by atoms with Crippen molar-refractivity contribution in [1.82, 2.24) is 30.5 Å². The monoisotopic (exact) mass is 805 g/mol. The van der Waals surface area contributed by atoms with Crippen LogP contribution in [-0.2, 0) is 35.3 Å². The van der Waals surface area contributed by atoms with E-state index in [9.17, 15) is 27.9 Å². The zero-order valence-corrected chi connectivity index (χ0v) is 32.3. The van der Waals surface area contributed by atoms with Crippen molar-refractivity contribution in [2.45, 2.75) is 81.8 Å². The van der Waals surface area contributed by atoms with Gasteiger partial charge in [0.25, 0.3) is 0 Å². The van der Waals surface area contributed by atoms with Gasteiger partial charge in [0, 0.05) is 48.8 Å². The number of alkyl halides is 3. The molecule has 5 heterocycles. The lowest BCUT2D eigenvalue weighted by Gasteiger charge is -2.56. The van der Waals surface area contributed by atoms with Crippen LogP contribution in [0.1, 0.15) is 72.6 Å². The summed E-state index contributed by atoms with van der Waals surface area (Å²) < 4.78 is 55.1. The second kappa shape index (κ2) is 15.4. The summed E-state index contributed by atoms with van der Waals surface area (Å²) in [4.78, 5) is 38.6. The molecule has 57 heavy (non-hydrogen) atoms. The molecule has 2 atom stereocenters. The van der Waals surface area contributed by atoms with E-state index in [2.05, 4.69) is 25.9 Å². The van der Waals surface area contributed by atoms with Crippen molar-refractivity contribution in [3.63, 3.8) is 0 Å². The molecule has 5 aliphatic rings. The van der Waals surface area contributed by atoms with Crippen molar-refractivity contribution >= 4 is 29.3 Å². The summed E-state index contributed by atoms with van der Waals surface area (Å²) in [5.41, 5.74) is 3.20. The quantitative estimate of drug-likeness (QED) is 0.113. The summed E-state index contributed by atoms with van der Waals surface area (Å²) in [6.07, 6.45) is -0.752. The van der Waals surface area contributed by atoms with Gasteiger partial charge in [-0.25, -0.2) is 9.97 Å². The number of ether oxygens (including phenoxy) is 2. The number of aromatic nitrogens is 3. The number of pyridine rings is 1. The first kappa shape index (κ1) is 38.9. The van der Waals surface area contributed by atoms with Crippen LogP contribution in [0.15, 0.2) is 48.5 Å². The van der Waals surface area contributed by atoms with Gasteiger partial charge >= 0.3 is 12.1 Å². The number of carbonyl (C=O) groups excluding carboxylic acids is 1. The number of amides is 1. The zero-order chi connectivity index (χ0) is 40.1. The maximum Gasteiger partial charge on any atom is 0.437 e. The Morgan fingerprint density at radius 3 is 2.46 bits per heavy atom. The molecule has 2 aromatic carbocycles. The van der Waals surface area contributed by atoms with Gasteiger partial charge in [0.2, 0.25) is 17.7 Å². The predicted molar refractivity (Wildman–Crippen MR) is 206 cm³/mol. The molecular formula is C41H43ClF3N7O5. The highest BCUT2D eigenvalue weighted by Gasteiger charge is 2.57. The molecule has 2 aliphatic carbocycles. The van der Waals surface area contributed by atoms with Gasteiger partial charge in [0.1, 0.15) is 11.2 Å². The van der Waals surface area contributed by atoms with Gasteiger partial charge in [-0.1, -0.05) is 54.1 Å². The number of hydrogen-bond donors (Lipinski definition) is 4. The number of carboxylic acid groups (broad SMARTS) is 1. The molecule has 2 bridgehead atoms. The van der Waals surface area contributed by atoms with Crippen LogP contribution in [0.5, 0.6) is 11.8 Å². The molecule has 0 spiro atoms. The molecule has 4 fully saturated rings. The predicted octanol–water partition coefficient (Wildman–Crippen LogP) is 6.80. The number of anilines is 1. The minimum absolute atomic E-state index is 0.0565. The van der Waals surface area contributed by atoms with Crippen molar-refractivity contribution in [1.29, 1.82) is 0 Å². The maximum absolute atomic E-state index is 14.7. The zero-order valence-electron chi connectivity index (χ0n) is 31.5. The molecule has 0 radical (unpaired) electrons. The molecule has 0 unspecified atom stereocenters. The van der Waals surface area contributed by atoms with Crippen LogP contribution >= 0.6 is 11.6 Å². The Labute approximate surface area is 332 Å². The van der Waals surface area contributed by atoms with E-state index in [-0.39, 0.29) is 30.1 Å². The van der Waals surface area contributed by atoms with Gasteiger partial charge in [-0.15, -0.1) is 0 Å². The molecular weight excluding hydrogens is 763 g/mol. The minimum Gasteiger partial charge on any atom is -0.481 e. The first-order valence-corrected chi connectivity index (χ1v) is 19.5. The fourth-order valence-corrected chi connectivity index (χ4v) is 9.28. The van der Waals surface area contributed by atoms with E-state index in [0.717, 1.165) is 40.7 Å². The van der Waals surface area contributed by atoms with E-state index in [1.54, 1.807) is 12.0 Å². The molecule has 9 rings (SSSR count). The van der Waals surface area contributed by atoms with Gasteiger partial charge < -0.3 is 30.5 Å². The first-order valence-electron chi connectivity index (χ1n) is 19.1. The molecule has 1 saturated carbocycles. The smallest absolute Gasteiger partial charge is 0.437 e. The van der Waals surface area contributed by atoms with Gasteiger partial charge in [0.15, 0.2) is 11.5 Å². The molecule has 3 saturated heterocycles. The Hall–Kier alpha value is -4.99.